The number of ether oxygens (including phenoxy) is 1. The maximum Gasteiger partial charge on any atom is 0.0671 e. The van der Waals surface area contributed by atoms with E-state index in [0.717, 1.165) is 41.1 Å². The second-order valence-corrected chi connectivity index (χ2v) is 6.40. The minimum atomic E-state index is 0.00875. The summed E-state index contributed by atoms with van der Waals surface area (Å²) in [7, 11) is 0. The molecule has 2 nitrogen and oxygen atoms in total. The van der Waals surface area contributed by atoms with Gasteiger partial charge in [0.1, 0.15) is 0 Å². The van der Waals surface area contributed by atoms with E-state index in [2.05, 4.69) is 35.1 Å². The van der Waals surface area contributed by atoms with E-state index >= 15 is 0 Å². The lowest BCUT2D eigenvalue weighted by Gasteiger charge is -2.38. The number of halogens is 2. The molecule has 4 heteroatoms. The molecule has 1 saturated heterocycles. The molecule has 1 aliphatic heterocycles. The average molecular weight is 333 g/mol. The fraction of sp³-hybridized carbons (Fsp3) is 0.571. The van der Waals surface area contributed by atoms with Gasteiger partial charge in [-0.05, 0) is 60.3 Å². The van der Waals surface area contributed by atoms with Gasteiger partial charge in [-0.2, -0.15) is 0 Å². The fourth-order valence-electron chi connectivity index (χ4n) is 2.33. The quantitative estimate of drug-likeness (QED) is 0.853. The summed E-state index contributed by atoms with van der Waals surface area (Å²) in [4.78, 5) is 0. The number of anilines is 1. The minimum Gasteiger partial charge on any atom is -0.381 e. The van der Waals surface area contributed by atoms with Crippen molar-refractivity contribution in [3.8, 4) is 0 Å². The van der Waals surface area contributed by atoms with Crippen LogP contribution in [0, 0.1) is 0 Å². The Hall–Kier alpha value is -0.250. The molecule has 0 aromatic heterocycles. The van der Waals surface area contributed by atoms with Crippen LogP contribution in [-0.4, -0.2) is 18.2 Å². The average Bonchev–Trinajstić information content (AvgIpc) is 2.33. The number of nitrogens with one attached hydrogen (secondary N) is 1. The molecule has 1 fully saturated rings. The first-order chi connectivity index (χ1) is 8.52. The minimum absolute atomic E-state index is 0.00875. The summed E-state index contributed by atoms with van der Waals surface area (Å²) in [5, 5.41) is 4.33. The highest BCUT2D eigenvalue weighted by atomic mass is 79.9. The number of hydrogen-bond acceptors (Lipinski definition) is 2. The van der Waals surface area contributed by atoms with Crippen molar-refractivity contribution >= 4 is 33.2 Å². The van der Waals surface area contributed by atoms with Crippen LogP contribution < -0.4 is 5.32 Å². The molecule has 2 atom stereocenters. The van der Waals surface area contributed by atoms with E-state index in [1.165, 1.54) is 0 Å². The fourth-order valence-corrected chi connectivity index (χ4v) is 3.12. The van der Waals surface area contributed by atoms with Gasteiger partial charge in [0.2, 0.25) is 0 Å². The molecule has 18 heavy (non-hydrogen) atoms. The molecular formula is C14H19BrClNO. The van der Waals surface area contributed by atoms with Crippen molar-refractivity contribution in [2.24, 2.45) is 0 Å². The maximum atomic E-state index is 5.95. The number of hydrogen-bond donors (Lipinski definition) is 1. The molecule has 100 valence electrons. The third kappa shape index (κ3) is 3.40. The van der Waals surface area contributed by atoms with Crippen LogP contribution >= 0.6 is 27.5 Å². The van der Waals surface area contributed by atoms with E-state index in [-0.39, 0.29) is 5.60 Å². The molecule has 2 unspecified atom stereocenters. The van der Waals surface area contributed by atoms with Gasteiger partial charge in [0, 0.05) is 27.8 Å². The summed E-state index contributed by atoms with van der Waals surface area (Å²) in [5.41, 5.74) is 1.11. The van der Waals surface area contributed by atoms with E-state index in [0.29, 0.717) is 6.04 Å². The van der Waals surface area contributed by atoms with E-state index in [1.54, 1.807) is 0 Å². The summed E-state index contributed by atoms with van der Waals surface area (Å²) >= 11 is 9.49. The molecule has 1 N–H and O–H groups in total. The number of benzene rings is 1. The summed E-state index contributed by atoms with van der Waals surface area (Å²) in [5.74, 6) is 0. The van der Waals surface area contributed by atoms with Gasteiger partial charge >= 0.3 is 0 Å². The molecule has 1 aromatic carbocycles. The van der Waals surface area contributed by atoms with Crippen LogP contribution in [0.2, 0.25) is 5.02 Å². The van der Waals surface area contributed by atoms with Crippen molar-refractivity contribution in [3.63, 3.8) is 0 Å². The lowest BCUT2D eigenvalue weighted by Crippen LogP contribution is -2.41. The molecule has 0 bridgehead atoms. The highest BCUT2D eigenvalue weighted by Gasteiger charge is 2.31. The molecule has 0 saturated carbocycles. The van der Waals surface area contributed by atoms with Crippen LogP contribution in [0.25, 0.3) is 0 Å². The first-order valence-electron chi connectivity index (χ1n) is 6.38. The van der Waals surface area contributed by atoms with Crippen LogP contribution in [0.3, 0.4) is 0 Å². The molecular weight excluding hydrogens is 314 g/mol. The van der Waals surface area contributed by atoms with Gasteiger partial charge < -0.3 is 10.1 Å². The Morgan fingerprint density at radius 3 is 3.00 bits per heavy atom. The Kier molecular flexibility index (Phi) is 4.57. The largest absolute Gasteiger partial charge is 0.381 e. The topological polar surface area (TPSA) is 21.3 Å². The zero-order chi connectivity index (χ0) is 13.2. The van der Waals surface area contributed by atoms with Crippen molar-refractivity contribution in [3.05, 3.63) is 27.7 Å². The zero-order valence-corrected chi connectivity index (χ0v) is 13.1. The first kappa shape index (κ1) is 14.2. The monoisotopic (exact) mass is 331 g/mol. The SMILES string of the molecule is CCC1(C)CC(Nc2ccc(Cl)cc2Br)CCO1. The van der Waals surface area contributed by atoms with Crippen LogP contribution in [-0.2, 0) is 4.74 Å². The van der Waals surface area contributed by atoms with Gasteiger partial charge in [0.15, 0.2) is 0 Å². The second kappa shape index (κ2) is 5.81. The van der Waals surface area contributed by atoms with Crippen LogP contribution in [0.5, 0.6) is 0 Å². The maximum absolute atomic E-state index is 5.95. The van der Waals surface area contributed by atoms with Crippen molar-refractivity contribution < 1.29 is 4.74 Å². The lowest BCUT2D eigenvalue weighted by molar-refractivity contribution is -0.0708. The third-order valence-electron chi connectivity index (χ3n) is 3.63. The Morgan fingerprint density at radius 2 is 2.33 bits per heavy atom. The van der Waals surface area contributed by atoms with Crippen molar-refractivity contribution in [1.82, 2.24) is 0 Å². The van der Waals surface area contributed by atoms with Crippen molar-refractivity contribution in [1.29, 1.82) is 0 Å². The molecule has 0 aliphatic carbocycles. The highest BCUT2D eigenvalue weighted by molar-refractivity contribution is 9.10. The Morgan fingerprint density at radius 1 is 1.56 bits per heavy atom. The van der Waals surface area contributed by atoms with Gasteiger partial charge in [-0.25, -0.2) is 0 Å². The Labute approximate surface area is 122 Å². The van der Waals surface area contributed by atoms with Gasteiger partial charge in [0.05, 0.1) is 5.60 Å². The lowest BCUT2D eigenvalue weighted by atomic mass is 9.90. The Balaban J connectivity index is 2.05. The van der Waals surface area contributed by atoms with Gasteiger partial charge in [-0.1, -0.05) is 18.5 Å². The normalized spacial score (nSPS) is 28.1. The van der Waals surface area contributed by atoms with Crippen LogP contribution in [0.15, 0.2) is 22.7 Å². The van der Waals surface area contributed by atoms with Crippen molar-refractivity contribution in [2.75, 3.05) is 11.9 Å². The van der Waals surface area contributed by atoms with Crippen LogP contribution in [0.1, 0.15) is 33.1 Å². The predicted octanol–water partition coefficient (Wildman–Crippen LogP) is 4.86. The van der Waals surface area contributed by atoms with Gasteiger partial charge in [-0.15, -0.1) is 0 Å². The summed E-state index contributed by atoms with van der Waals surface area (Å²) < 4.78 is 6.87. The summed E-state index contributed by atoms with van der Waals surface area (Å²) in [6, 6.07) is 6.31. The molecule has 0 radical (unpaired) electrons. The van der Waals surface area contributed by atoms with E-state index < -0.39 is 0 Å². The van der Waals surface area contributed by atoms with Crippen LogP contribution in [0.4, 0.5) is 5.69 Å². The molecule has 1 heterocycles. The summed E-state index contributed by atoms with van der Waals surface area (Å²) in [6.07, 6.45) is 3.14. The molecule has 1 aromatic rings. The first-order valence-corrected chi connectivity index (χ1v) is 7.55. The van der Waals surface area contributed by atoms with Gasteiger partial charge in [0.25, 0.3) is 0 Å². The third-order valence-corrected chi connectivity index (χ3v) is 4.52. The van der Waals surface area contributed by atoms with Crippen molar-refractivity contribution in [2.45, 2.75) is 44.8 Å². The highest BCUT2D eigenvalue weighted by Crippen LogP contribution is 2.32. The molecule has 0 spiro atoms. The van der Waals surface area contributed by atoms with E-state index in [4.69, 9.17) is 16.3 Å². The standard InChI is InChI=1S/C14H19BrClNO/c1-3-14(2)9-11(6-7-18-14)17-13-5-4-10(16)8-12(13)15/h4-5,8,11,17H,3,6-7,9H2,1-2H3. The Bertz CT molecular complexity index is 426. The molecule has 2 rings (SSSR count). The van der Waals surface area contributed by atoms with E-state index in [9.17, 15) is 0 Å². The van der Waals surface area contributed by atoms with E-state index in [1.807, 2.05) is 18.2 Å². The van der Waals surface area contributed by atoms with Gasteiger partial charge in [-0.3, -0.25) is 0 Å². The number of rotatable bonds is 3. The molecule has 1 aliphatic rings. The smallest absolute Gasteiger partial charge is 0.0671 e. The molecule has 0 amide bonds. The zero-order valence-electron chi connectivity index (χ0n) is 10.8. The summed E-state index contributed by atoms with van der Waals surface area (Å²) in [6.45, 7) is 5.20. The predicted molar refractivity (Wildman–Crippen MR) is 80.4 cm³/mol. The second-order valence-electron chi connectivity index (χ2n) is 5.11.